The molecule has 0 radical (unpaired) electrons. The molecule has 2 nitrogen and oxygen atoms in total. The van der Waals surface area contributed by atoms with Gasteiger partial charge in [-0.3, -0.25) is 4.79 Å². The summed E-state index contributed by atoms with van der Waals surface area (Å²) < 4.78 is 0. The molecule has 2 heteroatoms. The van der Waals surface area contributed by atoms with Crippen LogP contribution in [0.4, 0.5) is 0 Å². The molecule has 1 aliphatic carbocycles. The lowest BCUT2D eigenvalue weighted by Gasteiger charge is -2.00. The van der Waals surface area contributed by atoms with Gasteiger partial charge in [-0.15, -0.1) is 0 Å². The summed E-state index contributed by atoms with van der Waals surface area (Å²) in [5, 5.41) is 0. The third-order valence-electron chi connectivity index (χ3n) is 1.99. The van der Waals surface area contributed by atoms with Crippen molar-refractivity contribution < 1.29 is 9.59 Å². The van der Waals surface area contributed by atoms with Gasteiger partial charge in [-0.05, 0) is 12.8 Å². The summed E-state index contributed by atoms with van der Waals surface area (Å²) >= 11 is 0. The Morgan fingerprint density at radius 1 is 1.60 bits per heavy atom. The molecule has 0 amide bonds. The predicted molar refractivity (Wildman–Crippen MR) is 37.2 cm³/mol. The first-order valence-electron chi connectivity index (χ1n) is 3.56. The lowest BCUT2D eigenvalue weighted by molar-refractivity contribution is -0.120. The summed E-state index contributed by atoms with van der Waals surface area (Å²) in [6.07, 6.45) is 1.94. The zero-order valence-corrected chi connectivity index (χ0v) is 6.02. The molecule has 0 bridgehead atoms. The number of hydrogen-bond donors (Lipinski definition) is 0. The standard InChI is InChI=1S/C8H10O2/c1-2-7-6(5-9)3-4-8(7)10/h7H,2-4H2,1H3. The maximum atomic E-state index is 11.0. The van der Waals surface area contributed by atoms with E-state index in [9.17, 15) is 9.59 Å². The Morgan fingerprint density at radius 3 is 2.70 bits per heavy atom. The van der Waals surface area contributed by atoms with E-state index < -0.39 is 0 Å². The molecule has 1 saturated carbocycles. The first kappa shape index (κ1) is 7.23. The van der Waals surface area contributed by atoms with Gasteiger partial charge >= 0.3 is 0 Å². The molecule has 0 saturated heterocycles. The lowest BCUT2D eigenvalue weighted by atomic mass is 10.0. The fourth-order valence-corrected chi connectivity index (χ4v) is 1.40. The van der Waals surface area contributed by atoms with Crippen LogP contribution in [-0.2, 0) is 9.59 Å². The van der Waals surface area contributed by atoms with E-state index in [0.717, 1.165) is 6.42 Å². The normalized spacial score (nSPS) is 25.1. The Hall–Kier alpha value is -0.880. The monoisotopic (exact) mass is 138 g/mol. The van der Waals surface area contributed by atoms with Crippen LogP contribution >= 0.6 is 0 Å². The molecule has 1 aliphatic rings. The van der Waals surface area contributed by atoms with E-state index in [4.69, 9.17) is 0 Å². The molecular weight excluding hydrogens is 128 g/mol. The molecule has 0 aromatic heterocycles. The second-order valence-electron chi connectivity index (χ2n) is 2.55. The summed E-state index contributed by atoms with van der Waals surface area (Å²) in [7, 11) is 0. The molecule has 1 fully saturated rings. The number of allylic oxidation sites excluding steroid dienone is 1. The molecule has 0 aromatic carbocycles. The Kier molecular flexibility index (Phi) is 2.03. The van der Waals surface area contributed by atoms with Crippen LogP contribution < -0.4 is 0 Å². The van der Waals surface area contributed by atoms with Crippen molar-refractivity contribution in [2.75, 3.05) is 0 Å². The molecular formula is C8H10O2. The molecule has 0 spiro atoms. The number of Topliss-reactive ketones (excluding diaryl/α,β-unsaturated/α-hetero) is 1. The fourth-order valence-electron chi connectivity index (χ4n) is 1.40. The number of hydrogen-bond acceptors (Lipinski definition) is 2. The van der Waals surface area contributed by atoms with Crippen molar-refractivity contribution in [2.45, 2.75) is 26.2 Å². The van der Waals surface area contributed by atoms with Gasteiger partial charge in [0.15, 0.2) is 0 Å². The van der Waals surface area contributed by atoms with Crippen molar-refractivity contribution in [3.63, 3.8) is 0 Å². The molecule has 0 heterocycles. The second-order valence-corrected chi connectivity index (χ2v) is 2.55. The van der Waals surface area contributed by atoms with Crippen LogP contribution in [0.3, 0.4) is 0 Å². The summed E-state index contributed by atoms with van der Waals surface area (Å²) in [6.45, 7) is 1.92. The average Bonchev–Trinajstić information content (AvgIpc) is 2.30. The fraction of sp³-hybridized carbons (Fsp3) is 0.625. The van der Waals surface area contributed by atoms with Crippen LogP contribution in [-0.4, -0.2) is 11.7 Å². The largest absolute Gasteiger partial charge is 0.299 e. The number of rotatable bonds is 1. The van der Waals surface area contributed by atoms with Gasteiger partial charge in [-0.25, -0.2) is 4.79 Å². The molecule has 0 aromatic rings. The molecule has 0 aliphatic heterocycles. The van der Waals surface area contributed by atoms with Crippen LogP contribution in [0, 0.1) is 5.92 Å². The molecule has 1 unspecified atom stereocenters. The van der Waals surface area contributed by atoms with Gasteiger partial charge in [0.25, 0.3) is 0 Å². The van der Waals surface area contributed by atoms with Gasteiger partial charge in [-0.2, -0.15) is 0 Å². The second kappa shape index (κ2) is 2.80. The highest BCUT2D eigenvalue weighted by Gasteiger charge is 2.28. The zero-order valence-electron chi connectivity index (χ0n) is 6.02. The summed E-state index contributed by atoms with van der Waals surface area (Å²) in [6, 6.07) is 0. The summed E-state index contributed by atoms with van der Waals surface area (Å²) in [4.78, 5) is 21.2. The predicted octanol–water partition coefficient (Wildman–Crippen LogP) is 1.13. The smallest absolute Gasteiger partial charge is 0.141 e. The lowest BCUT2D eigenvalue weighted by Crippen LogP contribution is -2.06. The first-order chi connectivity index (χ1) is 4.79. The first-order valence-corrected chi connectivity index (χ1v) is 3.56. The SMILES string of the molecule is CCC1C(=O)CCC1=C=O. The van der Waals surface area contributed by atoms with Crippen LogP contribution in [0.5, 0.6) is 0 Å². The van der Waals surface area contributed by atoms with Crippen molar-refractivity contribution in [3.05, 3.63) is 5.57 Å². The van der Waals surface area contributed by atoms with E-state index >= 15 is 0 Å². The molecule has 1 rings (SSSR count). The highest BCUT2D eigenvalue weighted by Crippen LogP contribution is 2.27. The topological polar surface area (TPSA) is 34.1 Å². The quantitative estimate of drug-likeness (QED) is 0.509. The van der Waals surface area contributed by atoms with Gasteiger partial charge in [0.1, 0.15) is 11.7 Å². The zero-order chi connectivity index (χ0) is 7.56. The molecule has 0 N–H and O–H groups in total. The Bertz CT molecular complexity index is 199. The Morgan fingerprint density at radius 2 is 2.30 bits per heavy atom. The van der Waals surface area contributed by atoms with Gasteiger partial charge in [0.05, 0.1) is 0 Å². The third kappa shape index (κ3) is 1.03. The number of carbonyl (C=O) groups excluding carboxylic acids is 2. The van der Waals surface area contributed by atoms with E-state index in [2.05, 4.69) is 0 Å². The average molecular weight is 138 g/mol. The van der Waals surface area contributed by atoms with E-state index in [1.54, 1.807) is 0 Å². The summed E-state index contributed by atoms with van der Waals surface area (Å²) in [5.41, 5.74) is 0.674. The molecule has 1 atom stereocenters. The van der Waals surface area contributed by atoms with Gasteiger partial charge in [-0.1, -0.05) is 6.92 Å². The molecule has 10 heavy (non-hydrogen) atoms. The van der Waals surface area contributed by atoms with Crippen molar-refractivity contribution in [3.8, 4) is 0 Å². The third-order valence-corrected chi connectivity index (χ3v) is 1.99. The highest BCUT2D eigenvalue weighted by molar-refractivity contribution is 5.89. The maximum Gasteiger partial charge on any atom is 0.141 e. The van der Waals surface area contributed by atoms with Crippen LogP contribution in [0.1, 0.15) is 26.2 Å². The minimum atomic E-state index is -0.0995. The van der Waals surface area contributed by atoms with E-state index in [1.165, 1.54) is 0 Å². The van der Waals surface area contributed by atoms with E-state index in [-0.39, 0.29) is 11.7 Å². The van der Waals surface area contributed by atoms with Crippen molar-refractivity contribution in [1.29, 1.82) is 0 Å². The Labute approximate surface area is 59.9 Å². The van der Waals surface area contributed by atoms with E-state index in [1.807, 2.05) is 12.9 Å². The van der Waals surface area contributed by atoms with Gasteiger partial charge < -0.3 is 0 Å². The van der Waals surface area contributed by atoms with Crippen molar-refractivity contribution in [1.82, 2.24) is 0 Å². The van der Waals surface area contributed by atoms with Crippen molar-refractivity contribution in [2.24, 2.45) is 5.92 Å². The van der Waals surface area contributed by atoms with Crippen LogP contribution in [0.2, 0.25) is 0 Å². The highest BCUT2D eigenvalue weighted by atomic mass is 16.1. The van der Waals surface area contributed by atoms with Crippen molar-refractivity contribution >= 4 is 11.7 Å². The van der Waals surface area contributed by atoms with Gasteiger partial charge in [0, 0.05) is 17.9 Å². The van der Waals surface area contributed by atoms with Gasteiger partial charge in [0.2, 0.25) is 0 Å². The Balaban J connectivity index is 2.82. The maximum absolute atomic E-state index is 11.0. The minimum absolute atomic E-state index is 0.0995. The van der Waals surface area contributed by atoms with Crippen LogP contribution in [0.25, 0.3) is 0 Å². The van der Waals surface area contributed by atoms with Crippen LogP contribution in [0.15, 0.2) is 5.57 Å². The number of ketones is 1. The summed E-state index contributed by atoms with van der Waals surface area (Å²) in [5.74, 6) is 1.95. The number of carbonyl (C=O) groups is 1. The molecule has 54 valence electrons. The van der Waals surface area contributed by atoms with E-state index in [0.29, 0.717) is 18.4 Å². The minimum Gasteiger partial charge on any atom is -0.299 e.